The second kappa shape index (κ2) is 13.0. The van der Waals surface area contributed by atoms with Crippen molar-refractivity contribution in [3.63, 3.8) is 0 Å². The second-order valence-corrected chi connectivity index (χ2v) is 3.03. The summed E-state index contributed by atoms with van der Waals surface area (Å²) in [6, 6.07) is 0. The Balaban J connectivity index is -0.000000256. The summed E-state index contributed by atoms with van der Waals surface area (Å²) in [5, 5.41) is 68.8. The Hall–Kier alpha value is -0.0403. The van der Waals surface area contributed by atoms with E-state index in [2.05, 4.69) is 0 Å². The molecule has 4 atom stereocenters. The smallest absolute Gasteiger partial charge is 0.547 e. The van der Waals surface area contributed by atoms with Crippen molar-refractivity contribution in [3.8, 4) is 0 Å². The minimum atomic E-state index is -2.00. The fourth-order valence-electron chi connectivity index (χ4n) is 0.514. The van der Waals surface area contributed by atoms with Gasteiger partial charge in [0.25, 0.3) is 0 Å². The van der Waals surface area contributed by atoms with Gasteiger partial charge in [0.05, 0.1) is 25.2 Å². The van der Waals surface area contributed by atoms with Crippen molar-refractivity contribution in [2.45, 2.75) is 24.4 Å². The largest absolute Gasteiger partial charge is 2.00 e. The summed E-state index contributed by atoms with van der Waals surface area (Å²) < 4.78 is 0. The van der Waals surface area contributed by atoms with Crippen LogP contribution >= 0.6 is 0 Å². The van der Waals surface area contributed by atoms with Gasteiger partial charge >= 0.3 is 37.7 Å². The number of carboxylic acid groups (broad SMARTS) is 2. The van der Waals surface area contributed by atoms with Crippen LogP contribution in [0.1, 0.15) is 0 Å². The van der Waals surface area contributed by atoms with Crippen LogP contribution in [0.3, 0.4) is 0 Å². The van der Waals surface area contributed by atoms with Crippen LogP contribution in [-0.2, 0) is 9.59 Å². The van der Waals surface area contributed by atoms with E-state index in [1.54, 1.807) is 0 Å². The van der Waals surface area contributed by atoms with Crippen LogP contribution in [0.25, 0.3) is 0 Å². The van der Waals surface area contributed by atoms with Crippen molar-refractivity contribution in [1.29, 1.82) is 0 Å². The molecule has 0 saturated heterocycles. The van der Waals surface area contributed by atoms with Crippen molar-refractivity contribution < 1.29 is 50.4 Å². The predicted molar refractivity (Wildman–Crippen MR) is 54.0 cm³/mol. The number of aliphatic hydroxyl groups is 6. The van der Waals surface area contributed by atoms with Gasteiger partial charge in [-0.1, -0.05) is 0 Å². The van der Waals surface area contributed by atoms with Crippen molar-refractivity contribution in [2.75, 3.05) is 13.2 Å². The molecule has 0 saturated carbocycles. The summed E-state index contributed by atoms with van der Waals surface area (Å²) in [7, 11) is 0. The molecular weight excluding hydrogens is 296 g/mol. The molecule has 0 aliphatic carbocycles. The van der Waals surface area contributed by atoms with Crippen LogP contribution in [0, 0.1) is 0 Å². The number of carbonyl (C=O) groups is 2. The molecule has 6 N–H and O–H groups in total. The quantitative estimate of drug-likeness (QED) is 0.256. The van der Waals surface area contributed by atoms with Crippen LogP contribution in [0.15, 0.2) is 0 Å². The standard InChI is InChI=1S/2C4H8O5.Ca/c2*5-1-2(6)3(7)4(8)9;/h2*2-3,5-7H,1H2,(H,8,9);/q;;+2/p-2/t2*2-,3-;/m11./s1. The molecule has 19 heavy (non-hydrogen) atoms. The fourth-order valence-corrected chi connectivity index (χ4v) is 0.514. The van der Waals surface area contributed by atoms with E-state index in [4.69, 9.17) is 30.6 Å². The van der Waals surface area contributed by atoms with Gasteiger partial charge in [-0.05, 0) is 0 Å². The molecule has 0 unspecified atom stereocenters. The molecule has 108 valence electrons. The summed E-state index contributed by atoms with van der Waals surface area (Å²) in [6.07, 6.45) is -7.32. The van der Waals surface area contributed by atoms with Crippen LogP contribution in [0.2, 0.25) is 0 Å². The van der Waals surface area contributed by atoms with Crippen LogP contribution in [0.4, 0.5) is 0 Å². The van der Waals surface area contributed by atoms with Gasteiger partial charge in [0.1, 0.15) is 24.4 Å². The minimum Gasteiger partial charge on any atom is -0.547 e. The Morgan fingerprint density at radius 1 is 0.789 bits per heavy atom. The maximum absolute atomic E-state index is 9.67. The van der Waals surface area contributed by atoms with E-state index >= 15 is 0 Å². The van der Waals surface area contributed by atoms with Crippen molar-refractivity contribution in [2.24, 2.45) is 0 Å². The van der Waals surface area contributed by atoms with Gasteiger partial charge in [-0.25, -0.2) is 0 Å². The zero-order chi connectivity index (χ0) is 14.9. The van der Waals surface area contributed by atoms with Gasteiger partial charge in [-0.2, -0.15) is 0 Å². The summed E-state index contributed by atoms with van der Waals surface area (Å²) in [5.41, 5.74) is 0. The molecule has 0 heterocycles. The zero-order valence-electron chi connectivity index (χ0n) is 9.75. The molecule has 10 nitrogen and oxygen atoms in total. The van der Waals surface area contributed by atoms with E-state index < -0.39 is 49.6 Å². The summed E-state index contributed by atoms with van der Waals surface area (Å²) in [6.45, 7) is -1.59. The van der Waals surface area contributed by atoms with E-state index in [1.807, 2.05) is 0 Å². The molecular formula is C8H14CaO10. The van der Waals surface area contributed by atoms with E-state index in [1.165, 1.54) is 0 Å². The van der Waals surface area contributed by atoms with Gasteiger partial charge < -0.3 is 50.4 Å². The summed E-state index contributed by atoms with van der Waals surface area (Å²) in [5.74, 6) is -3.59. The van der Waals surface area contributed by atoms with E-state index in [0.29, 0.717) is 0 Å². The number of rotatable bonds is 6. The first-order valence-electron chi connectivity index (χ1n) is 4.54. The van der Waals surface area contributed by atoms with Gasteiger partial charge in [0.15, 0.2) is 0 Å². The van der Waals surface area contributed by atoms with Crippen LogP contribution < -0.4 is 10.2 Å². The van der Waals surface area contributed by atoms with Gasteiger partial charge in [-0.3, -0.25) is 0 Å². The number of carboxylic acids is 2. The first kappa shape index (κ1) is 24.0. The molecule has 0 radical (unpaired) electrons. The Bertz CT molecular complexity index is 234. The van der Waals surface area contributed by atoms with Crippen molar-refractivity contribution in [3.05, 3.63) is 0 Å². The predicted octanol–water partition coefficient (Wildman–Crippen LogP) is -7.48. The molecule has 0 aromatic carbocycles. The molecule has 0 rings (SSSR count). The fraction of sp³-hybridized carbons (Fsp3) is 0.750. The Labute approximate surface area is 137 Å². The number of carbonyl (C=O) groups excluding carboxylic acids is 2. The van der Waals surface area contributed by atoms with E-state index in [9.17, 15) is 19.8 Å². The minimum absolute atomic E-state index is 0. The molecule has 0 aromatic heterocycles. The monoisotopic (exact) mass is 310 g/mol. The molecule has 0 aromatic rings. The van der Waals surface area contributed by atoms with Gasteiger partial charge in [-0.15, -0.1) is 0 Å². The van der Waals surface area contributed by atoms with Crippen molar-refractivity contribution in [1.82, 2.24) is 0 Å². The summed E-state index contributed by atoms with van der Waals surface area (Å²) in [4.78, 5) is 19.3. The number of hydrogen-bond acceptors (Lipinski definition) is 10. The SMILES string of the molecule is O=C([O-])[C@H](O)[C@H](O)CO.O=C([O-])[C@H](O)[C@H](O)CO.[Ca+2]. The average Bonchev–Trinajstić information content (AvgIpc) is 2.35. The molecule has 0 spiro atoms. The third kappa shape index (κ3) is 11.5. The maximum atomic E-state index is 9.67. The Morgan fingerprint density at radius 2 is 1.00 bits per heavy atom. The number of aliphatic hydroxyl groups excluding tert-OH is 6. The Kier molecular flexibility index (Phi) is 16.4. The zero-order valence-corrected chi connectivity index (χ0v) is 12.0. The topological polar surface area (TPSA) is 202 Å². The van der Waals surface area contributed by atoms with Crippen LogP contribution in [0.5, 0.6) is 0 Å². The van der Waals surface area contributed by atoms with Crippen LogP contribution in [-0.4, -0.2) is 118 Å². The molecule has 0 bridgehead atoms. The first-order valence-corrected chi connectivity index (χ1v) is 4.54. The average molecular weight is 310 g/mol. The molecule has 0 amide bonds. The number of aliphatic carboxylic acids is 2. The Morgan fingerprint density at radius 3 is 1.05 bits per heavy atom. The third-order valence-electron chi connectivity index (χ3n) is 1.59. The van der Waals surface area contributed by atoms with Gasteiger partial charge in [0.2, 0.25) is 0 Å². The molecule has 0 aliphatic rings. The number of hydrogen-bond donors (Lipinski definition) is 6. The van der Waals surface area contributed by atoms with E-state index in [-0.39, 0.29) is 37.7 Å². The van der Waals surface area contributed by atoms with E-state index in [0.717, 1.165) is 0 Å². The van der Waals surface area contributed by atoms with Crippen molar-refractivity contribution >= 4 is 49.7 Å². The molecule has 0 aliphatic heterocycles. The molecule has 0 fully saturated rings. The third-order valence-corrected chi connectivity index (χ3v) is 1.59. The van der Waals surface area contributed by atoms with Gasteiger partial charge in [0, 0.05) is 0 Å². The maximum Gasteiger partial charge on any atom is 2.00 e. The normalized spacial score (nSPS) is 15.9. The summed E-state index contributed by atoms with van der Waals surface area (Å²) >= 11 is 0. The first-order chi connectivity index (χ1) is 8.18. The molecule has 11 heteroatoms. The second-order valence-electron chi connectivity index (χ2n) is 3.03.